The molecule has 4 N–H and O–H groups in total. The van der Waals surface area contributed by atoms with Gasteiger partial charge in [0.1, 0.15) is 24.0 Å². The average molecular weight is 273 g/mol. The third-order valence-corrected chi connectivity index (χ3v) is 2.95. The van der Waals surface area contributed by atoms with Crippen molar-refractivity contribution in [1.29, 1.82) is 0 Å². The van der Waals surface area contributed by atoms with Gasteiger partial charge in [0, 0.05) is 6.42 Å². The Morgan fingerprint density at radius 3 is 3.11 bits per heavy atom. The van der Waals surface area contributed by atoms with Crippen LogP contribution in [0.1, 0.15) is 5.82 Å². The van der Waals surface area contributed by atoms with Gasteiger partial charge in [-0.2, -0.15) is 0 Å². The van der Waals surface area contributed by atoms with E-state index >= 15 is 0 Å². The molecule has 10 heteroatoms. The minimum Gasteiger partial charge on any atom is -0.368 e. The smallest absolute Gasteiger partial charge is 0.368 e. The molecule has 9 nitrogen and oxygen atoms in total. The number of imidazole rings is 1. The lowest BCUT2D eigenvalue weighted by Crippen LogP contribution is -2.06. The van der Waals surface area contributed by atoms with Crippen LogP contribution in [0.15, 0.2) is 12.5 Å². The molecule has 2 aromatic rings. The lowest BCUT2D eigenvalue weighted by molar-refractivity contribution is 0.146. The molecule has 0 aliphatic rings. The molecular formula is C8H12N5O4P. The molecule has 0 saturated carbocycles. The maximum atomic E-state index is 11.0. The predicted molar refractivity (Wildman–Crippen MR) is 61.3 cm³/mol. The molecule has 1 unspecified atom stereocenters. The summed E-state index contributed by atoms with van der Waals surface area (Å²) in [6.07, 6.45) is 3.01. The van der Waals surface area contributed by atoms with E-state index in [0.29, 0.717) is 17.9 Å². The van der Waals surface area contributed by atoms with Crippen LogP contribution in [0.2, 0.25) is 0 Å². The molecule has 0 aliphatic carbocycles. The first kappa shape index (κ1) is 13.1. The quantitative estimate of drug-likeness (QED) is 0.378. The largest absolute Gasteiger partial charge is 0.369 e. The van der Waals surface area contributed by atoms with Crippen molar-refractivity contribution in [3.05, 3.63) is 18.3 Å². The molecule has 2 heterocycles. The molecule has 2 aromatic heterocycles. The van der Waals surface area contributed by atoms with Crippen LogP contribution in [-0.2, 0) is 20.3 Å². The number of fused-ring (bicyclic) bond motifs is 1. The lowest BCUT2D eigenvalue weighted by Gasteiger charge is -2.07. The van der Waals surface area contributed by atoms with E-state index < -0.39 is 13.9 Å². The monoisotopic (exact) mass is 273 g/mol. The van der Waals surface area contributed by atoms with E-state index in [-0.39, 0.29) is 6.61 Å². The first-order valence-electron chi connectivity index (χ1n) is 5.03. The minimum absolute atomic E-state index is 0.209. The number of nitrogens with two attached hydrogens (primary N) is 1. The molecule has 0 amide bonds. The average Bonchev–Trinajstić information content (AvgIpc) is 2.77. The van der Waals surface area contributed by atoms with Crippen LogP contribution in [0.3, 0.4) is 0 Å². The van der Waals surface area contributed by atoms with Gasteiger partial charge in [-0.05, 0) is 0 Å². The summed E-state index contributed by atoms with van der Waals surface area (Å²) in [6.45, 7) is 0.209. The highest BCUT2D eigenvalue weighted by molar-refractivity contribution is 7.52. The molecule has 0 aliphatic heterocycles. The van der Waals surface area contributed by atoms with Crippen LogP contribution in [0.4, 0.5) is 0 Å². The van der Waals surface area contributed by atoms with E-state index in [0.717, 1.165) is 5.52 Å². The Hall–Kier alpha value is -1.38. The molecule has 1 atom stereocenters. The normalized spacial score (nSPS) is 14.8. The van der Waals surface area contributed by atoms with E-state index in [1.807, 2.05) is 0 Å². The first-order chi connectivity index (χ1) is 8.61. The molecular weight excluding hydrogens is 261 g/mol. The van der Waals surface area contributed by atoms with Crippen molar-refractivity contribution >= 4 is 18.8 Å². The second-order valence-electron chi connectivity index (χ2n) is 3.47. The summed E-state index contributed by atoms with van der Waals surface area (Å²) in [7, 11) is -3.82. The van der Waals surface area contributed by atoms with Gasteiger partial charge in [0.15, 0.2) is 5.65 Å². The van der Waals surface area contributed by atoms with Gasteiger partial charge in [-0.1, -0.05) is 0 Å². The van der Waals surface area contributed by atoms with E-state index in [2.05, 4.69) is 30.5 Å². The summed E-state index contributed by atoms with van der Waals surface area (Å²) >= 11 is 0. The van der Waals surface area contributed by atoms with Gasteiger partial charge in [0.05, 0.1) is 12.8 Å². The maximum Gasteiger partial charge on any atom is 0.369 e. The number of ether oxygens (including phenoxy) is 1. The Morgan fingerprint density at radius 2 is 2.39 bits per heavy atom. The molecule has 0 saturated heterocycles. The van der Waals surface area contributed by atoms with Crippen molar-refractivity contribution in [2.24, 2.45) is 5.90 Å². The standard InChI is InChI=1S/C8H12N5O4P/c9-17-18(14,15)5-16-2-1-7-12-6-3-10-4-11-8(6)13-7/h3-4H,1-2,5,9H2,(H,14,15)(H,10,11,12,13). The van der Waals surface area contributed by atoms with Crippen molar-refractivity contribution in [3.63, 3.8) is 0 Å². The Morgan fingerprint density at radius 1 is 1.56 bits per heavy atom. The second-order valence-corrected chi connectivity index (χ2v) is 5.22. The lowest BCUT2D eigenvalue weighted by atomic mass is 10.4. The van der Waals surface area contributed by atoms with Crippen molar-refractivity contribution in [3.8, 4) is 0 Å². The van der Waals surface area contributed by atoms with Gasteiger partial charge in [-0.15, -0.1) is 0 Å². The number of hydrogen-bond donors (Lipinski definition) is 3. The molecule has 2 rings (SSSR count). The summed E-state index contributed by atoms with van der Waals surface area (Å²) in [5.41, 5.74) is 1.30. The van der Waals surface area contributed by atoms with Gasteiger partial charge in [-0.3, -0.25) is 4.57 Å². The Labute approximate surface area is 102 Å². The minimum atomic E-state index is -3.82. The van der Waals surface area contributed by atoms with Crippen LogP contribution in [0, 0.1) is 0 Å². The molecule has 0 aromatic carbocycles. The van der Waals surface area contributed by atoms with E-state index in [1.165, 1.54) is 6.33 Å². The predicted octanol–water partition coefficient (Wildman–Crippen LogP) is -0.0548. The maximum absolute atomic E-state index is 11.0. The topological polar surface area (TPSA) is 136 Å². The van der Waals surface area contributed by atoms with E-state index in [9.17, 15) is 4.57 Å². The highest BCUT2D eigenvalue weighted by Gasteiger charge is 2.17. The number of aromatic amines is 1. The summed E-state index contributed by atoms with van der Waals surface area (Å²) in [6, 6.07) is 0. The van der Waals surface area contributed by atoms with Crippen LogP contribution in [0.5, 0.6) is 0 Å². The van der Waals surface area contributed by atoms with Crippen molar-refractivity contribution in [2.75, 3.05) is 13.0 Å². The number of hydrogen-bond acceptors (Lipinski definition) is 7. The zero-order valence-corrected chi connectivity index (χ0v) is 10.2. The fraction of sp³-hybridized carbons (Fsp3) is 0.375. The summed E-state index contributed by atoms with van der Waals surface area (Å²) in [5.74, 6) is 5.28. The summed E-state index contributed by atoms with van der Waals surface area (Å²) < 4.78 is 19.8. The highest BCUT2D eigenvalue weighted by atomic mass is 31.2. The molecule has 0 fully saturated rings. The van der Waals surface area contributed by atoms with Gasteiger partial charge < -0.3 is 14.6 Å². The Bertz CT molecular complexity index is 540. The van der Waals surface area contributed by atoms with Gasteiger partial charge in [0.2, 0.25) is 0 Å². The molecule has 0 bridgehead atoms. The third kappa shape index (κ3) is 3.31. The van der Waals surface area contributed by atoms with Gasteiger partial charge in [-0.25, -0.2) is 25.5 Å². The molecule has 18 heavy (non-hydrogen) atoms. The molecule has 98 valence electrons. The van der Waals surface area contributed by atoms with Crippen LogP contribution < -0.4 is 5.90 Å². The van der Waals surface area contributed by atoms with Crippen molar-refractivity contribution in [1.82, 2.24) is 19.9 Å². The Kier molecular flexibility index (Phi) is 4.00. The SMILES string of the molecule is NOP(=O)(O)COCCc1nc2ncncc2[nH]1. The number of nitrogens with zero attached hydrogens (tertiary/aromatic N) is 3. The number of aromatic nitrogens is 4. The molecule has 0 spiro atoms. The van der Waals surface area contributed by atoms with Gasteiger partial charge >= 0.3 is 7.60 Å². The van der Waals surface area contributed by atoms with Crippen LogP contribution in [0.25, 0.3) is 11.2 Å². The second kappa shape index (κ2) is 5.51. The third-order valence-electron chi connectivity index (χ3n) is 2.11. The zero-order valence-electron chi connectivity index (χ0n) is 9.31. The fourth-order valence-electron chi connectivity index (χ4n) is 1.31. The number of H-pyrrole nitrogens is 1. The Balaban J connectivity index is 1.85. The number of rotatable bonds is 6. The van der Waals surface area contributed by atoms with Crippen LogP contribution >= 0.6 is 7.60 Å². The molecule has 0 radical (unpaired) electrons. The summed E-state index contributed by atoms with van der Waals surface area (Å²) in [5, 5.41) is 0. The zero-order chi connectivity index (χ0) is 13.0. The van der Waals surface area contributed by atoms with Gasteiger partial charge in [0.25, 0.3) is 0 Å². The van der Waals surface area contributed by atoms with E-state index in [1.54, 1.807) is 6.20 Å². The fourth-order valence-corrected chi connectivity index (χ4v) is 1.73. The van der Waals surface area contributed by atoms with E-state index in [4.69, 9.17) is 9.63 Å². The van der Waals surface area contributed by atoms with Crippen molar-refractivity contribution in [2.45, 2.75) is 6.42 Å². The number of nitrogens with one attached hydrogen (secondary N) is 1. The first-order valence-corrected chi connectivity index (χ1v) is 6.79. The summed E-state index contributed by atoms with van der Waals surface area (Å²) in [4.78, 5) is 24.0. The highest BCUT2D eigenvalue weighted by Crippen LogP contribution is 2.38. The van der Waals surface area contributed by atoms with Crippen LogP contribution in [-0.4, -0.2) is 37.8 Å². The van der Waals surface area contributed by atoms with Crippen molar-refractivity contribution < 1.29 is 18.8 Å².